The first-order valence-electron chi connectivity index (χ1n) is 6.55. The van der Waals surface area contributed by atoms with Gasteiger partial charge in [-0.15, -0.1) is 0 Å². The number of benzene rings is 2. The lowest BCUT2D eigenvalue weighted by Crippen LogP contribution is -2.17. The molecule has 0 amide bonds. The molecule has 0 fully saturated rings. The molecule has 0 saturated heterocycles. The van der Waals surface area contributed by atoms with Gasteiger partial charge in [0.2, 0.25) is 0 Å². The van der Waals surface area contributed by atoms with Crippen LogP contribution in [0.1, 0.15) is 11.1 Å². The van der Waals surface area contributed by atoms with Crippen LogP contribution in [-0.4, -0.2) is 13.6 Å². The number of halogens is 2. The third-order valence-electron chi connectivity index (χ3n) is 3.22. The smallest absolute Gasteiger partial charge is 0.128 e. The molecule has 20 heavy (non-hydrogen) atoms. The average molecular weight is 337 g/mol. The Hall–Kier alpha value is -1.39. The maximum absolute atomic E-state index is 13.7. The van der Waals surface area contributed by atoms with Gasteiger partial charge in [0.25, 0.3) is 0 Å². The fourth-order valence-electron chi connectivity index (χ4n) is 2.15. The van der Waals surface area contributed by atoms with E-state index in [-0.39, 0.29) is 5.82 Å². The molecule has 2 nitrogen and oxygen atoms in total. The van der Waals surface area contributed by atoms with Crippen molar-refractivity contribution >= 4 is 21.6 Å². The lowest BCUT2D eigenvalue weighted by Gasteiger charge is -2.21. The third-order valence-corrected chi connectivity index (χ3v) is 3.86. The topological polar surface area (TPSA) is 29.3 Å². The molecule has 2 aromatic rings. The maximum Gasteiger partial charge on any atom is 0.128 e. The lowest BCUT2D eigenvalue weighted by atomic mass is 10.1. The highest BCUT2D eigenvalue weighted by molar-refractivity contribution is 9.10. The van der Waals surface area contributed by atoms with Crippen molar-refractivity contribution < 1.29 is 4.39 Å². The molecule has 0 unspecified atom stereocenters. The fourth-order valence-corrected chi connectivity index (χ4v) is 2.88. The first-order valence-corrected chi connectivity index (χ1v) is 7.34. The molecule has 0 spiro atoms. The Labute approximate surface area is 127 Å². The lowest BCUT2D eigenvalue weighted by molar-refractivity contribution is 0.608. The van der Waals surface area contributed by atoms with Gasteiger partial charge in [-0.1, -0.05) is 24.3 Å². The predicted octanol–water partition coefficient (Wildman–Crippen LogP) is 3.73. The standard InChI is InChI=1S/C16H18BrFN2/c1-20(11-13-4-2-3-5-15(13)18)16-7-6-12(8-9-19)10-14(16)17/h2-7,10H,8-9,11,19H2,1H3. The van der Waals surface area contributed by atoms with Crippen molar-refractivity contribution in [2.45, 2.75) is 13.0 Å². The summed E-state index contributed by atoms with van der Waals surface area (Å²) in [6, 6.07) is 13.0. The summed E-state index contributed by atoms with van der Waals surface area (Å²) < 4.78 is 14.7. The minimum Gasteiger partial charge on any atom is -0.369 e. The van der Waals surface area contributed by atoms with Crippen LogP contribution in [0.4, 0.5) is 10.1 Å². The van der Waals surface area contributed by atoms with Gasteiger partial charge in [0, 0.05) is 23.6 Å². The summed E-state index contributed by atoms with van der Waals surface area (Å²) in [5.41, 5.74) is 8.48. The zero-order valence-corrected chi connectivity index (χ0v) is 13.0. The van der Waals surface area contributed by atoms with Crippen LogP contribution < -0.4 is 10.6 Å². The SMILES string of the molecule is CN(Cc1ccccc1F)c1ccc(CCN)cc1Br. The zero-order valence-electron chi connectivity index (χ0n) is 11.4. The molecule has 0 aromatic heterocycles. The molecule has 0 heterocycles. The van der Waals surface area contributed by atoms with Crippen LogP contribution in [0.2, 0.25) is 0 Å². The van der Waals surface area contributed by atoms with E-state index in [0.717, 1.165) is 16.6 Å². The molecule has 0 bridgehead atoms. The van der Waals surface area contributed by atoms with Gasteiger partial charge in [-0.2, -0.15) is 0 Å². The average Bonchev–Trinajstić information content (AvgIpc) is 2.42. The van der Waals surface area contributed by atoms with E-state index in [1.807, 2.05) is 30.1 Å². The van der Waals surface area contributed by atoms with Crippen molar-refractivity contribution in [1.82, 2.24) is 0 Å². The summed E-state index contributed by atoms with van der Waals surface area (Å²) in [6.07, 6.45) is 0.857. The maximum atomic E-state index is 13.7. The predicted molar refractivity (Wildman–Crippen MR) is 85.4 cm³/mol. The molecular weight excluding hydrogens is 319 g/mol. The molecule has 2 rings (SSSR count). The van der Waals surface area contributed by atoms with E-state index >= 15 is 0 Å². The van der Waals surface area contributed by atoms with Crippen LogP contribution in [-0.2, 0) is 13.0 Å². The van der Waals surface area contributed by atoms with E-state index < -0.39 is 0 Å². The summed E-state index contributed by atoms with van der Waals surface area (Å²) in [5.74, 6) is -0.171. The second kappa shape index (κ2) is 6.86. The molecule has 0 aliphatic heterocycles. The van der Waals surface area contributed by atoms with Crippen LogP contribution in [0.25, 0.3) is 0 Å². The zero-order chi connectivity index (χ0) is 14.5. The largest absolute Gasteiger partial charge is 0.369 e. The van der Waals surface area contributed by atoms with E-state index in [1.165, 1.54) is 11.6 Å². The summed E-state index contributed by atoms with van der Waals surface area (Å²) in [6.45, 7) is 1.17. The van der Waals surface area contributed by atoms with Crippen molar-refractivity contribution in [3.8, 4) is 0 Å². The van der Waals surface area contributed by atoms with Crippen molar-refractivity contribution in [2.75, 3.05) is 18.5 Å². The first kappa shape index (κ1) is 15.0. The molecule has 0 saturated carbocycles. The van der Waals surface area contributed by atoms with Gasteiger partial charge < -0.3 is 10.6 Å². The summed E-state index contributed by atoms with van der Waals surface area (Å²) in [4.78, 5) is 2.02. The Morgan fingerprint density at radius 3 is 2.60 bits per heavy atom. The monoisotopic (exact) mass is 336 g/mol. The van der Waals surface area contributed by atoms with Crippen molar-refractivity contribution in [1.29, 1.82) is 0 Å². The molecular formula is C16H18BrFN2. The molecule has 0 aliphatic rings. The van der Waals surface area contributed by atoms with E-state index in [0.29, 0.717) is 18.7 Å². The first-order chi connectivity index (χ1) is 9.61. The molecule has 0 radical (unpaired) electrons. The normalized spacial score (nSPS) is 10.6. The number of hydrogen-bond acceptors (Lipinski definition) is 2. The number of nitrogens with zero attached hydrogens (tertiary/aromatic N) is 1. The number of hydrogen-bond donors (Lipinski definition) is 1. The molecule has 4 heteroatoms. The molecule has 0 aliphatic carbocycles. The van der Waals surface area contributed by atoms with Crippen LogP contribution in [0.5, 0.6) is 0 Å². The van der Waals surface area contributed by atoms with Crippen LogP contribution in [0, 0.1) is 5.82 Å². The van der Waals surface area contributed by atoms with Gasteiger partial charge >= 0.3 is 0 Å². The van der Waals surface area contributed by atoms with Crippen molar-refractivity contribution in [3.63, 3.8) is 0 Å². The van der Waals surface area contributed by atoms with E-state index in [2.05, 4.69) is 28.1 Å². The fraction of sp³-hybridized carbons (Fsp3) is 0.250. The second-order valence-electron chi connectivity index (χ2n) is 4.77. The van der Waals surface area contributed by atoms with Gasteiger partial charge in [-0.3, -0.25) is 0 Å². The quantitative estimate of drug-likeness (QED) is 0.901. The number of rotatable bonds is 5. The number of nitrogens with two attached hydrogens (primary N) is 1. The van der Waals surface area contributed by atoms with Crippen LogP contribution in [0.3, 0.4) is 0 Å². The van der Waals surface area contributed by atoms with Gasteiger partial charge in [0.1, 0.15) is 5.82 Å². The highest BCUT2D eigenvalue weighted by Crippen LogP contribution is 2.28. The van der Waals surface area contributed by atoms with Gasteiger partial charge in [-0.25, -0.2) is 4.39 Å². The Kier molecular flexibility index (Phi) is 5.15. The second-order valence-corrected chi connectivity index (χ2v) is 5.63. The molecule has 2 aromatic carbocycles. The van der Waals surface area contributed by atoms with Crippen LogP contribution >= 0.6 is 15.9 Å². The van der Waals surface area contributed by atoms with E-state index in [1.54, 1.807) is 6.07 Å². The Bertz CT molecular complexity index is 586. The van der Waals surface area contributed by atoms with Gasteiger partial charge in [0.15, 0.2) is 0 Å². The summed E-state index contributed by atoms with van der Waals surface area (Å²) in [7, 11) is 1.95. The van der Waals surface area contributed by atoms with Crippen molar-refractivity contribution in [2.24, 2.45) is 5.73 Å². The van der Waals surface area contributed by atoms with E-state index in [9.17, 15) is 4.39 Å². The van der Waals surface area contributed by atoms with Gasteiger partial charge in [-0.05, 0) is 52.7 Å². The highest BCUT2D eigenvalue weighted by atomic mass is 79.9. The Balaban J connectivity index is 2.17. The van der Waals surface area contributed by atoms with E-state index in [4.69, 9.17) is 5.73 Å². The Morgan fingerprint density at radius 1 is 1.20 bits per heavy atom. The minimum atomic E-state index is -0.171. The number of anilines is 1. The molecule has 2 N–H and O–H groups in total. The third kappa shape index (κ3) is 3.58. The highest BCUT2D eigenvalue weighted by Gasteiger charge is 2.09. The summed E-state index contributed by atoms with van der Waals surface area (Å²) >= 11 is 3.57. The molecule has 0 atom stereocenters. The summed E-state index contributed by atoms with van der Waals surface area (Å²) in [5, 5.41) is 0. The minimum absolute atomic E-state index is 0.171. The van der Waals surface area contributed by atoms with Crippen LogP contribution in [0.15, 0.2) is 46.9 Å². The van der Waals surface area contributed by atoms with Gasteiger partial charge in [0.05, 0.1) is 5.69 Å². The molecule has 106 valence electrons. The Morgan fingerprint density at radius 2 is 1.95 bits per heavy atom. The van der Waals surface area contributed by atoms with Crippen molar-refractivity contribution in [3.05, 3.63) is 63.9 Å².